The van der Waals surface area contributed by atoms with Gasteiger partial charge in [-0.2, -0.15) is 0 Å². The van der Waals surface area contributed by atoms with Crippen molar-refractivity contribution in [2.24, 2.45) is 5.92 Å². The van der Waals surface area contributed by atoms with Crippen molar-refractivity contribution in [3.63, 3.8) is 0 Å². The number of aromatic nitrogens is 1. The average Bonchev–Trinajstić information content (AvgIpc) is 2.20. The van der Waals surface area contributed by atoms with Crippen LogP contribution in [-0.2, 0) is 6.54 Å². The van der Waals surface area contributed by atoms with Gasteiger partial charge in [0.1, 0.15) is 0 Å². The van der Waals surface area contributed by atoms with E-state index in [2.05, 4.69) is 42.2 Å². The van der Waals surface area contributed by atoms with E-state index in [1.165, 1.54) is 11.3 Å². The summed E-state index contributed by atoms with van der Waals surface area (Å²) in [7, 11) is 4.11. The number of pyridine rings is 1. The van der Waals surface area contributed by atoms with Crippen LogP contribution in [0.25, 0.3) is 0 Å². The van der Waals surface area contributed by atoms with Gasteiger partial charge >= 0.3 is 0 Å². The monoisotopic (exact) mass is 221 g/mol. The van der Waals surface area contributed by atoms with Crippen molar-refractivity contribution in [3.05, 3.63) is 23.5 Å². The molecule has 0 saturated carbocycles. The van der Waals surface area contributed by atoms with Crippen LogP contribution in [0.5, 0.6) is 0 Å². The van der Waals surface area contributed by atoms with E-state index in [1.54, 1.807) is 0 Å². The molecule has 0 aliphatic carbocycles. The molecular weight excluding hydrogens is 198 g/mol. The second kappa shape index (κ2) is 5.85. The molecule has 0 fully saturated rings. The molecule has 0 bridgehead atoms. The molecule has 1 N–H and O–H groups in total. The topological polar surface area (TPSA) is 28.2 Å². The minimum Gasteiger partial charge on any atom is -0.374 e. The Labute approximate surface area is 98.9 Å². The standard InChI is InChI=1S/C13H23N3/c1-10(2)9-16(5)13-6-11(3)15-8-12(13)7-14-4/h6,8,10,14H,7,9H2,1-5H3. The molecule has 1 rings (SSSR count). The lowest BCUT2D eigenvalue weighted by atomic mass is 10.1. The maximum Gasteiger partial charge on any atom is 0.0443 e. The number of rotatable bonds is 5. The van der Waals surface area contributed by atoms with Crippen molar-refractivity contribution in [1.29, 1.82) is 0 Å². The summed E-state index contributed by atoms with van der Waals surface area (Å²) in [5.74, 6) is 0.668. The fraction of sp³-hybridized carbons (Fsp3) is 0.615. The van der Waals surface area contributed by atoms with Crippen LogP contribution in [-0.4, -0.2) is 25.6 Å². The fourth-order valence-electron chi connectivity index (χ4n) is 1.90. The van der Waals surface area contributed by atoms with Gasteiger partial charge in [-0.25, -0.2) is 0 Å². The summed E-state index contributed by atoms with van der Waals surface area (Å²) in [5, 5.41) is 3.19. The van der Waals surface area contributed by atoms with E-state index in [-0.39, 0.29) is 0 Å². The van der Waals surface area contributed by atoms with Crippen molar-refractivity contribution in [2.45, 2.75) is 27.3 Å². The number of nitrogens with zero attached hydrogens (tertiary/aromatic N) is 2. The van der Waals surface area contributed by atoms with Gasteiger partial charge in [0.25, 0.3) is 0 Å². The first-order chi connectivity index (χ1) is 7.54. The third-order valence-electron chi connectivity index (χ3n) is 2.52. The molecule has 0 radical (unpaired) electrons. The molecule has 1 aromatic rings. The highest BCUT2D eigenvalue weighted by Gasteiger charge is 2.09. The van der Waals surface area contributed by atoms with Crippen molar-refractivity contribution >= 4 is 5.69 Å². The maximum atomic E-state index is 4.35. The Morgan fingerprint density at radius 1 is 1.44 bits per heavy atom. The van der Waals surface area contributed by atoms with Gasteiger partial charge < -0.3 is 10.2 Å². The Balaban J connectivity index is 2.94. The summed E-state index contributed by atoms with van der Waals surface area (Å²) >= 11 is 0. The summed E-state index contributed by atoms with van der Waals surface area (Å²) < 4.78 is 0. The van der Waals surface area contributed by atoms with Crippen LogP contribution >= 0.6 is 0 Å². The molecule has 90 valence electrons. The van der Waals surface area contributed by atoms with Crippen LogP contribution in [0.4, 0.5) is 5.69 Å². The van der Waals surface area contributed by atoms with E-state index >= 15 is 0 Å². The molecule has 0 aliphatic rings. The average molecular weight is 221 g/mol. The summed E-state index contributed by atoms with van der Waals surface area (Å²) in [6.07, 6.45) is 1.97. The molecule has 0 saturated heterocycles. The van der Waals surface area contributed by atoms with Gasteiger partial charge in [0, 0.05) is 43.3 Å². The highest BCUT2D eigenvalue weighted by molar-refractivity contribution is 5.53. The van der Waals surface area contributed by atoms with Crippen molar-refractivity contribution in [1.82, 2.24) is 10.3 Å². The van der Waals surface area contributed by atoms with Gasteiger partial charge in [0.15, 0.2) is 0 Å². The van der Waals surface area contributed by atoms with Crippen molar-refractivity contribution in [3.8, 4) is 0 Å². The predicted molar refractivity (Wildman–Crippen MR) is 69.8 cm³/mol. The number of hydrogen-bond donors (Lipinski definition) is 1. The van der Waals surface area contributed by atoms with E-state index < -0.39 is 0 Å². The van der Waals surface area contributed by atoms with Crippen molar-refractivity contribution < 1.29 is 0 Å². The minimum absolute atomic E-state index is 0.668. The van der Waals surface area contributed by atoms with Gasteiger partial charge in [0.05, 0.1) is 0 Å². The Kier molecular flexibility index (Phi) is 4.74. The van der Waals surface area contributed by atoms with E-state index in [0.717, 1.165) is 18.8 Å². The van der Waals surface area contributed by atoms with Crippen molar-refractivity contribution in [2.75, 3.05) is 25.5 Å². The molecule has 0 aromatic carbocycles. The molecule has 1 aromatic heterocycles. The molecule has 1 heterocycles. The maximum absolute atomic E-state index is 4.35. The predicted octanol–water partition coefficient (Wildman–Crippen LogP) is 2.20. The third kappa shape index (κ3) is 3.49. The Morgan fingerprint density at radius 2 is 2.12 bits per heavy atom. The van der Waals surface area contributed by atoms with Gasteiger partial charge in [-0.05, 0) is 26.0 Å². The van der Waals surface area contributed by atoms with Crippen LogP contribution in [0.2, 0.25) is 0 Å². The molecule has 0 spiro atoms. The second-order valence-corrected chi connectivity index (χ2v) is 4.76. The zero-order chi connectivity index (χ0) is 12.1. The Hall–Kier alpha value is -1.09. The Morgan fingerprint density at radius 3 is 2.69 bits per heavy atom. The molecule has 0 aliphatic heterocycles. The number of aryl methyl sites for hydroxylation is 1. The van der Waals surface area contributed by atoms with Crippen LogP contribution in [0.3, 0.4) is 0 Å². The second-order valence-electron chi connectivity index (χ2n) is 4.76. The third-order valence-corrected chi connectivity index (χ3v) is 2.52. The fourth-order valence-corrected chi connectivity index (χ4v) is 1.90. The minimum atomic E-state index is 0.668. The highest BCUT2D eigenvalue weighted by atomic mass is 15.1. The number of nitrogens with one attached hydrogen (secondary N) is 1. The van der Waals surface area contributed by atoms with Gasteiger partial charge in [-0.15, -0.1) is 0 Å². The smallest absolute Gasteiger partial charge is 0.0443 e. The van der Waals surface area contributed by atoms with Crippen LogP contribution < -0.4 is 10.2 Å². The Bertz CT molecular complexity index is 334. The van der Waals surface area contributed by atoms with E-state index in [9.17, 15) is 0 Å². The van der Waals surface area contributed by atoms with E-state index in [0.29, 0.717) is 5.92 Å². The molecule has 3 nitrogen and oxygen atoms in total. The van der Waals surface area contributed by atoms with Gasteiger partial charge in [0.2, 0.25) is 0 Å². The molecule has 0 atom stereocenters. The number of anilines is 1. The number of hydrogen-bond acceptors (Lipinski definition) is 3. The summed E-state index contributed by atoms with van der Waals surface area (Å²) in [4.78, 5) is 6.66. The summed E-state index contributed by atoms with van der Waals surface area (Å²) in [6, 6.07) is 2.16. The lowest BCUT2D eigenvalue weighted by Gasteiger charge is -2.24. The SMILES string of the molecule is CNCc1cnc(C)cc1N(C)CC(C)C. The lowest BCUT2D eigenvalue weighted by molar-refractivity contribution is 0.635. The zero-order valence-corrected chi connectivity index (χ0v) is 11.0. The van der Waals surface area contributed by atoms with Gasteiger partial charge in [-0.3, -0.25) is 4.98 Å². The molecule has 16 heavy (non-hydrogen) atoms. The van der Waals surface area contributed by atoms with Gasteiger partial charge in [-0.1, -0.05) is 13.8 Å². The molecule has 0 unspecified atom stereocenters. The first kappa shape index (κ1) is 13.0. The summed E-state index contributed by atoms with van der Waals surface area (Å²) in [5.41, 5.74) is 3.62. The van der Waals surface area contributed by atoms with Crippen LogP contribution in [0.15, 0.2) is 12.3 Å². The van der Waals surface area contributed by atoms with Crippen LogP contribution in [0, 0.1) is 12.8 Å². The van der Waals surface area contributed by atoms with E-state index in [4.69, 9.17) is 0 Å². The zero-order valence-electron chi connectivity index (χ0n) is 11.0. The normalized spacial score (nSPS) is 10.9. The quantitative estimate of drug-likeness (QED) is 0.826. The lowest BCUT2D eigenvalue weighted by Crippen LogP contribution is -2.24. The molecule has 3 heteroatoms. The molecular formula is C13H23N3. The highest BCUT2D eigenvalue weighted by Crippen LogP contribution is 2.20. The summed E-state index contributed by atoms with van der Waals surface area (Å²) in [6.45, 7) is 8.45. The first-order valence-electron chi connectivity index (χ1n) is 5.85. The molecule has 0 amide bonds. The van der Waals surface area contributed by atoms with Crippen LogP contribution in [0.1, 0.15) is 25.1 Å². The van der Waals surface area contributed by atoms with E-state index in [1.807, 2.05) is 20.2 Å². The largest absolute Gasteiger partial charge is 0.374 e. The first-order valence-corrected chi connectivity index (χ1v) is 5.85.